The average Bonchev–Trinajstić information content (AvgIpc) is 2.41. The molecule has 21 heavy (non-hydrogen) atoms. The fourth-order valence-corrected chi connectivity index (χ4v) is 3.09. The van der Waals surface area contributed by atoms with E-state index in [0.29, 0.717) is 11.3 Å². The smallest absolute Gasteiger partial charge is 0.261 e. The molecule has 2 aromatic rings. The number of anilines is 1. The van der Waals surface area contributed by atoms with Crippen molar-refractivity contribution in [3.05, 3.63) is 59.2 Å². The Bertz CT molecular complexity index is 799. The van der Waals surface area contributed by atoms with Crippen molar-refractivity contribution < 1.29 is 8.42 Å². The molecule has 0 spiro atoms. The zero-order chi connectivity index (χ0) is 15.6. The molecule has 0 aliphatic rings. The van der Waals surface area contributed by atoms with E-state index in [0.717, 1.165) is 11.1 Å². The Hall–Kier alpha value is -1.92. The summed E-state index contributed by atoms with van der Waals surface area (Å²) in [6.45, 7) is 3.81. The van der Waals surface area contributed by atoms with Gasteiger partial charge in [0.1, 0.15) is 4.99 Å². The molecule has 0 unspecified atom stereocenters. The molecular weight excluding hydrogens is 304 g/mol. The van der Waals surface area contributed by atoms with Crippen molar-refractivity contribution in [3.63, 3.8) is 0 Å². The Morgan fingerprint density at radius 2 is 1.81 bits per heavy atom. The third-order valence-corrected chi connectivity index (χ3v) is 4.80. The van der Waals surface area contributed by atoms with Crippen LogP contribution in [0.1, 0.15) is 16.7 Å². The van der Waals surface area contributed by atoms with Crippen LogP contribution in [0.3, 0.4) is 0 Å². The second-order valence-corrected chi connectivity index (χ2v) is 6.92. The van der Waals surface area contributed by atoms with Gasteiger partial charge in [-0.1, -0.05) is 30.4 Å². The molecule has 2 aromatic carbocycles. The molecular formula is C15H16N2O2S2. The van der Waals surface area contributed by atoms with Crippen LogP contribution in [-0.2, 0) is 10.0 Å². The van der Waals surface area contributed by atoms with Crippen LogP contribution in [0.5, 0.6) is 0 Å². The second kappa shape index (κ2) is 5.83. The molecule has 3 N–H and O–H groups in total. The van der Waals surface area contributed by atoms with Crippen molar-refractivity contribution in [1.82, 2.24) is 0 Å². The van der Waals surface area contributed by atoms with E-state index in [4.69, 9.17) is 18.0 Å². The van der Waals surface area contributed by atoms with E-state index in [2.05, 4.69) is 4.72 Å². The highest BCUT2D eigenvalue weighted by molar-refractivity contribution is 7.92. The Balaban J connectivity index is 2.35. The predicted molar refractivity (Wildman–Crippen MR) is 89.1 cm³/mol. The molecule has 0 amide bonds. The molecule has 0 saturated carbocycles. The molecule has 0 aliphatic carbocycles. The van der Waals surface area contributed by atoms with Crippen LogP contribution < -0.4 is 10.5 Å². The second-order valence-electron chi connectivity index (χ2n) is 4.80. The van der Waals surface area contributed by atoms with Gasteiger partial charge >= 0.3 is 0 Å². The third-order valence-electron chi connectivity index (χ3n) is 3.19. The zero-order valence-electron chi connectivity index (χ0n) is 11.8. The Morgan fingerprint density at radius 3 is 2.43 bits per heavy atom. The molecule has 0 fully saturated rings. The Kier molecular flexibility index (Phi) is 4.29. The van der Waals surface area contributed by atoms with E-state index >= 15 is 0 Å². The van der Waals surface area contributed by atoms with Gasteiger partial charge in [-0.15, -0.1) is 0 Å². The first-order valence-corrected chi connectivity index (χ1v) is 8.19. The molecule has 0 atom stereocenters. The standard InChI is InChI=1S/C15H16N2O2S2/c1-10-6-7-14(8-11(10)2)21(18,19)17-13-5-3-4-12(9-13)15(16)20/h3-9,17H,1-2H3,(H2,16,20). The zero-order valence-corrected chi connectivity index (χ0v) is 13.4. The van der Waals surface area contributed by atoms with Gasteiger partial charge in [-0.25, -0.2) is 8.42 Å². The topological polar surface area (TPSA) is 72.2 Å². The Morgan fingerprint density at radius 1 is 1.10 bits per heavy atom. The van der Waals surface area contributed by atoms with Crippen LogP contribution in [0, 0.1) is 13.8 Å². The van der Waals surface area contributed by atoms with E-state index < -0.39 is 10.0 Å². The van der Waals surface area contributed by atoms with Crippen LogP contribution in [-0.4, -0.2) is 13.4 Å². The molecule has 0 radical (unpaired) electrons. The van der Waals surface area contributed by atoms with E-state index in [1.54, 1.807) is 42.5 Å². The lowest BCUT2D eigenvalue weighted by molar-refractivity contribution is 0.601. The van der Waals surface area contributed by atoms with Gasteiger partial charge in [0.2, 0.25) is 0 Å². The summed E-state index contributed by atoms with van der Waals surface area (Å²) in [4.78, 5) is 0.452. The lowest BCUT2D eigenvalue weighted by Gasteiger charge is -2.10. The van der Waals surface area contributed by atoms with E-state index in [1.807, 2.05) is 13.8 Å². The van der Waals surface area contributed by atoms with Gasteiger partial charge in [0.25, 0.3) is 10.0 Å². The largest absolute Gasteiger partial charge is 0.389 e. The van der Waals surface area contributed by atoms with E-state index in [-0.39, 0.29) is 9.88 Å². The molecule has 0 saturated heterocycles. The minimum atomic E-state index is -3.63. The third kappa shape index (κ3) is 3.59. The van der Waals surface area contributed by atoms with Gasteiger partial charge in [-0.05, 0) is 49.2 Å². The normalized spacial score (nSPS) is 11.1. The minimum absolute atomic E-state index is 0.224. The molecule has 0 heterocycles. The highest BCUT2D eigenvalue weighted by Crippen LogP contribution is 2.19. The molecule has 6 heteroatoms. The first kappa shape index (κ1) is 15.5. The van der Waals surface area contributed by atoms with Gasteiger partial charge in [0.15, 0.2) is 0 Å². The number of nitrogens with two attached hydrogens (primary N) is 1. The fraction of sp³-hybridized carbons (Fsp3) is 0.133. The van der Waals surface area contributed by atoms with Gasteiger partial charge in [0.05, 0.1) is 4.90 Å². The number of nitrogens with one attached hydrogen (secondary N) is 1. The number of aryl methyl sites for hydroxylation is 2. The summed E-state index contributed by atoms with van der Waals surface area (Å²) in [6.07, 6.45) is 0. The summed E-state index contributed by atoms with van der Waals surface area (Å²) in [6, 6.07) is 11.7. The summed E-state index contributed by atoms with van der Waals surface area (Å²) in [5, 5.41) is 0. The maximum atomic E-state index is 12.4. The minimum Gasteiger partial charge on any atom is -0.389 e. The van der Waals surface area contributed by atoms with E-state index in [9.17, 15) is 8.42 Å². The van der Waals surface area contributed by atoms with Crippen molar-refractivity contribution in [2.75, 3.05) is 4.72 Å². The first-order chi connectivity index (χ1) is 9.79. The molecule has 4 nitrogen and oxygen atoms in total. The number of thiocarbonyl (C=S) groups is 1. The summed E-state index contributed by atoms with van der Waals surface area (Å²) < 4.78 is 27.3. The lowest BCUT2D eigenvalue weighted by atomic mass is 10.1. The number of hydrogen-bond donors (Lipinski definition) is 2. The number of hydrogen-bond acceptors (Lipinski definition) is 3. The fourth-order valence-electron chi connectivity index (χ4n) is 1.83. The Labute approximate surface area is 130 Å². The SMILES string of the molecule is Cc1ccc(S(=O)(=O)Nc2cccc(C(N)=S)c2)cc1C. The molecule has 0 aromatic heterocycles. The van der Waals surface area contributed by atoms with Crippen molar-refractivity contribution in [1.29, 1.82) is 0 Å². The summed E-state index contributed by atoms with van der Waals surface area (Å²) in [5.74, 6) is 0. The monoisotopic (exact) mass is 320 g/mol. The van der Waals surface area contributed by atoms with E-state index in [1.165, 1.54) is 0 Å². The van der Waals surface area contributed by atoms with Gasteiger partial charge < -0.3 is 5.73 Å². The average molecular weight is 320 g/mol. The first-order valence-electron chi connectivity index (χ1n) is 6.29. The maximum Gasteiger partial charge on any atom is 0.261 e. The molecule has 0 bridgehead atoms. The van der Waals surface area contributed by atoms with Crippen LogP contribution in [0.4, 0.5) is 5.69 Å². The quantitative estimate of drug-likeness (QED) is 0.850. The van der Waals surface area contributed by atoms with Crippen molar-refractivity contribution in [2.24, 2.45) is 5.73 Å². The lowest BCUT2D eigenvalue weighted by Crippen LogP contribution is -2.14. The number of rotatable bonds is 4. The molecule has 110 valence electrons. The number of sulfonamides is 1. The number of benzene rings is 2. The van der Waals surface area contributed by atoms with Gasteiger partial charge in [-0.2, -0.15) is 0 Å². The molecule has 2 rings (SSSR count). The van der Waals surface area contributed by atoms with Crippen LogP contribution in [0.25, 0.3) is 0 Å². The van der Waals surface area contributed by atoms with Crippen molar-refractivity contribution >= 4 is 32.9 Å². The molecule has 0 aliphatic heterocycles. The predicted octanol–water partition coefficient (Wildman–Crippen LogP) is 2.74. The van der Waals surface area contributed by atoms with Crippen LogP contribution in [0.2, 0.25) is 0 Å². The summed E-state index contributed by atoms with van der Waals surface area (Å²) >= 11 is 4.89. The highest BCUT2D eigenvalue weighted by Gasteiger charge is 2.15. The maximum absolute atomic E-state index is 12.4. The van der Waals surface area contributed by atoms with Gasteiger partial charge in [0, 0.05) is 11.3 Å². The summed E-state index contributed by atoms with van der Waals surface area (Å²) in [5.41, 5.74) is 8.56. The highest BCUT2D eigenvalue weighted by atomic mass is 32.2. The van der Waals surface area contributed by atoms with Crippen molar-refractivity contribution in [3.8, 4) is 0 Å². The van der Waals surface area contributed by atoms with Crippen LogP contribution >= 0.6 is 12.2 Å². The van der Waals surface area contributed by atoms with Crippen LogP contribution in [0.15, 0.2) is 47.4 Å². The summed E-state index contributed by atoms with van der Waals surface area (Å²) in [7, 11) is -3.63. The van der Waals surface area contributed by atoms with Gasteiger partial charge in [-0.3, -0.25) is 4.72 Å². The van der Waals surface area contributed by atoms with Crippen molar-refractivity contribution in [2.45, 2.75) is 18.7 Å².